The van der Waals surface area contributed by atoms with Crippen LogP contribution in [-0.4, -0.2) is 11.9 Å². The number of rotatable bonds is 1. The van der Waals surface area contributed by atoms with Crippen molar-refractivity contribution in [3.05, 3.63) is 29.1 Å². The quantitative estimate of drug-likeness (QED) is 0.403. The topological polar surface area (TPSA) is 127 Å². The molecule has 1 aromatic carbocycles. The number of nitriles is 1. The van der Waals surface area contributed by atoms with Gasteiger partial charge in [-0.05, 0) is 12.1 Å². The molecule has 0 fully saturated rings. The Morgan fingerprint density at radius 2 is 1.80 bits per heavy atom. The zero-order chi connectivity index (χ0) is 15.5. The van der Waals surface area contributed by atoms with Gasteiger partial charge in [0, 0.05) is 0 Å². The molecule has 0 aliphatic heterocycles. The minimum absolute atomic E-state index is 0.434. The molecule has 10 heteroatoms. The SMILES string of the molecule is N#Cc1ccc(C(F)(F)F)c(F)c1N=C(N)N=C(N)N. The molecule has 0 amide bonds. The van der Waals surface area contributed by atoms with E-state index in [-0.39, 0.29) is 0 Å². The first kappa shape index (κ1) is 15.2. The molecule has 0 atom stereocenters. The van der Waals surface area contributed by atoms with Crippen LogP contribution in [0.1, 0.15) is 11.1 Å². The van der Waals surface area contributed by atoms with Gasteiger partial charge in [-0.25, -0.2) is 9.38 Å². The monoisotopic (exact) mass is 288 g/mol. The Balaban J connectivity index is 3.53. The summed E-state index contributed by atoms with van der Waals surface area (Å²) in [6.07, 6.45) is -4.94. The number of guanidine groups is 2. The third-order valence-electron chi connectivity index (χ3n) is 2.01. The van der Waals surface area contributed by atoms with Gasteiger partial charge in [-0.2, -0.15) is 23.4 Å². The van der Waals surface area contributed by atoms with E-state index in [2.05, 4.69) is 9.98 Å². The van der Waals surface area contributed by atoms with Crippen LogP contribution in [0.2, 0.25) is 0 Å². The van der Waals surface area contributed by atoms with Crippen LogP contribution in [0.3, 0.4) is 0 Å². The van der Waals surface area contributed by atoms with E-state index in [9.17, 15) is 17.6 Å². The molecule has 0 heterocycles. The van der Waals surface area contributed by atoms with Gasteiger partial charge in [0.2, 0.25) is 5.96 Å². The highest BCUT2D eigenvalue weighted by molar-refractivity contribution is 5.93. The lowest BCUT2D eigenvalue weighted by molar-refractivity contribution is -0.139. The van der Waals surface area contributed by atoms with Gasteiger partial charge in [0.25, 0.3) is 0 Å². The Kier molecular flexibility index (Phi) is 4.14. The van der Waals surface area contributed by atoms with E-state index >= 15 is 0 Å². The maximum Gasteiger partial charge on any atom is 0.419 e. The van der Waals surface area contributed by atoms with Crippen molar-refractivity contribution < 1.29 is 17.6 Å². The van der Waals surface area contributed by atoms with Crippen molar-refractivity contribution in [2.24, 2.45) is 27.2 Å². The molecular weight excluding hydrogens is 280 g/mol. The van der Waals surface area contributed by atoms with E-state index in [1.807, 2.05) is 0 Å². The Morgan fingerprint density at radius 1 is 1.20 bits per heavy atom. The molecule has 0 spiro atoms. The number of alkyl halides is 3. The van der Waals surface area contributed by atoms with Gasteiger partial charge in [-0.3, -0.25) is 0 Å². The van der Waals surface area contributed by atoms with Crippen molar-refractivity contribution in [1.29, 1.82) is 5.26 Å². The predicted molar refractivity (Wildman–Crippen MR) is 63.2 cm³/mol. The van der Waals surface area contributed by atoms with E-state index < -0.39 is 40.7 Å². The molecule has 20 heavy (non-hydrogen) atoms. The van der Waals surface area contributed by atoms with Gasteiger partial charge in [0.1, 0.15) is 11.8 Å². The van der Waals surface area contributed by atoms with Gasteiger partial charge in [-0.15, -0.1) is 0 Å². The highest BCUT2D eigenvalue weighted by Crippen LogP contribution is 2.36. The molecule has 0 saturated carbocycles. The lowest BCUT2D eigenvalue weighted by Gasteiger charge is -2.10. The highest BCUT2D eigenvalue weighted by atomic mass is 19.4. The van der Waals surface area contributed by atoms with Crippen LogP contribution in [-0.2, 0) is 6.18 Å². The van der Waals surface area contributed by atoms with E-state index in [0.717, 1.165) is 6.07 Å². The average molecular weight is 288 g/mol. The lowest BCUT2D eigenvalue weighted by atomic mass is 10.1. The summed E-state index contributed by atoms with van der Waals surface area (Å²) in [4.78, 5) is 6.52. The number of nitrogens with zero attached hydrogens (tertiary/aromatic N) is 3. The highest BCUT2D eigenvalue weighted by Gasteiger charge is 2.35. The molecule has 0 saturated heterocycles. The normalized spacial score (nSPS) is 11.8. The molecule has 1 rings (SSSR count). The predicted octanol–water partition coefficient (Wildman–Crippen LogP) is 0.936. The number of benzene rings is 1. The second kappa shape index (κ2) is 5.43. The first-order valence-electron chi connectivity index (χ1n) is 4.90. The number of aliphatic imine (C=N–C) groups is 2. The Labute approximate surface area is 110 Å². The van der Waals surface area contributed by atoms with Gasteiger partial charge in [0.15, 0.2) is 11.8 Å². The Hall–Kier alpha value is -2.83. The first-order valence-corrected chi connectivity index (χ1v) is 4.90. The van der Waals surface area contributed by atoms with E-state index in [4.69, 9.17) is 22.5 Å². The molecule has 0 aliphatic rings. The van der Waals surface area contributed by atoms with Crippen LogP contribution >= 0.6 is 0 Å². The summed E-state index contributed by atoms with van der Waals surface area (Å²) in [5, 5.41) is 8.74. The van der Waals surface area contributed by atoms with Crippen LogP contribution in [0.25, 0.3) is 0 Å². The van der Waals surface area contributed by atoms with Crippen molar-refractivity contribution in [3.8, 4) is 6.07 Å². The third kappa shape index (κ3) is 3.35. The van der Waals surface area contributed by atoms with Crippen molar-refractivity contribution in [2.45, 2.75) is 6.18 Å². The van der Waals surface area contributed by atoms with Crippen molar-refractivity contribution in [2.75, 3.05) is 0 Å². The van der Waals surface area contributed by atoms with Crippen molar-refractivity contribution >= 4 is 17.6 Å². The molecule has 0 aromatic heterocycles. The zero-order valence-electron chi connectivity index (χ0n) is 9.74. The maximum absolute atomic E-state index is 13.8. The smallest absolute Gasteiger partial charge is 0.370 e. The van der Waals surface area contributed by atoms with Crippen molar-refractivity contribution in [3.63, 3.8) is 0 Å². The molecule has 0 bridgehead atoms. The fourth-order valence-corrected chi connectivity index (χ4v) is 1.25. The largest absolute Gasteiger partial charge is 0.419 e. The van der Waals surface area contributed by atoms with E-state index in [0.29, 0.717) is 6.07 Å². The average Bonchev–Trinajstić information content (AvgIpc) is 2.28. The zero-order valence-corrected chi connectivity index (χ0v) is 9.74. The minimum atomic E-state index is -4.94. The summed E-state index contributed by atoms with van der Waals surface area (Å²) in [6.45, 7) is 0. The number of hydrogen-bond donors (Lipinski definition) is 3. The van der Waals surface area contributed by atoms with Gasteiger partial charge < -0.3 is 17.2 Å². The second-order valence-corrected chi connectivity index (χ2v) is 3.44. The van der Waals surface area contributed by atoms with Crippen molar-refractivity contribution in [1.82, 2.24) is 0 Å². The third-order valence-corrected chi connectivity index (χ3v) is 2.01. The summed E-state index contributed by atoms with van der Waals surface area (Å²) < 4.78 is 51.4. The number of hydrogen-bond acceptors (Lipinski definition) is 2. The van der Waals surface area contributed by atoms with Gasteiger partial charge >= 0.3 is 6.18 Å². The van der Waals surface area contributed by atoms with Gasteiger partial charge in [-0.1, -0.05) is 0 Å². The van der Waals surface area contributed by atoms with Crippen LogP contribution in [0.4, 0.5) is 23.2 Å². The molecule has 6 nitrogen and oxygen atoms in total. The molecule has 0 radical (unpaired) electrons. The summed E-state index contributed by atoms with van der Waals surface area (Å²) in [6, 6.07) is 2.70. The number of halogens is 4. The van der Waals surface area contributed by atoms with E-state index in [1.165, 1.54) is 6.07 Å². The first-order chi connectivity index (χ1) is 9.16. The standard InChI is InChI=1S/C10H8F4N6/c11-6-5(10(12,13)14)2-1-4(3-15)7(6)19-9(18)20-8(16)17/h1-2H,(H6,16,17,18,19,20). The summed E-state index contributed by atoms with van der Waals surface area (Å²) in [7, 11) is 0. The van der Waals surface area contributed by atoms with Crippen LogP contribution in [0.5, 0.6) is 0 Å². The lowest BCUT2D eigenvalue weighted by Crippen LogP contribution is -2.26. The summed E-state index contributed by atoms with van der Waals surface area (Å²) >= 11 is 0. The number of nitrogens with two attached hydrogens (primary N) is 3. The van der Waals surface area contributed by atoms with Crippen LogP contribution < -0.4 is 17.2 Å². The molecule has 6 N–H and O–H groups in total. The summed E-state index contributed by atoms with van der Waals surface area (Å²) in [5.41, 5.74) is 12.3. The molecule has 0 aliphatic carbocycles. The molecule has 1 aromatic rings. The molecular formula is C10H8F4N6. The molecule has 106 valence electrons. The van der Waals surface area contributed by atoms with E-state index in [1.54, 1.807) is 0 Å². The minimum Gasteiger partial charge on any atom is -0.370 e. The fraction of sp³-hybridized carbons (Fsp3) is 0.100. The van der Waals surface area contributed by atoms with Crippen LogP contribution in [0, 0.1) is 17.1 Å². The Morgan fingerprint density at radius 3 is 2.25 bits per heavy atom. The van der Waals surface area contributed by atoms with Gasteiger partial charge in [0.05, 0.1) is 11.1 Å². The maximum atomic E-state index is 13.8. The van der Waals surface area contributed by atoms with Crippen LogP contribution in [0.15, 0.2) is 22.1 Å². The Bertz CT molecular complexity index is 622. The second-order valence-electron chi connectivity index (χ2n) is 3.44. The summed E-state index contributed by atoms with van der Waals surface area (Å²) in [5.74, 6) is -2.93. The molecule has 0 unspecified atom stereocenters. The fourth-order valence-electron chi connectivity index (χ4n) is 1.25.